The van der Waals surface area contributed by atoms with Crippen LogP contribution >= 0.6 is 0 Å². The Labute approximate surface area is 214 Å². The fraction of sp³-hybridized carbons (Fsp3) is 0.207. The molecule has 37 heavy (non-hydrogen) atoms. The summed E-state index contributed by atoms with van der Waals surface area (Å²) in [5, 5.41) is 0. The molecule has 0 fully saturated rings. The minimum absolute atomic E-state index is 0.235. The molecule has 0 atom stereocenters. The number of nitrogens with two attached hydrogens (primary N) is 1. The second-order valence-electron chi connectivity index (χ2n) is 9.46. The highest BCUT2D eigenvalue weighted by Gasteiger charge is 2.23. The van der Waals surface area contributed by atoms with Gasteiger partial charge in [0, 0.05) is 29.8 Å². The molecule has 0 radical (unpaired) electrons. The van der Waals surface area contributed by atoms with Crippen molar-refractivity contribution in [2.24, 2.45) is 0 Å². The van der Waals surface area contributed by atoms with E-state index in [4.69, 9.17) is 10.5 Å². The molecule has 0 spiro atoms. The molecule has 6 rings (SSSR count). The second kappa shape index (κ2) is 9.20. The largest absolute Gasteiger partial charge is 0.491 e. The van der Waals surface area contributed by atoms with Gasteiger partial charge in [-0.1, -0.05) is 18.2 Å². The van der Waals surface area contributed by atoms with E-state index in [2.05, 4.69) is 56.0 Å². The Kier molecular flexibility index (Phi) is 5.71. The lowest BCUT2D eigenvalue weighted by Crippen LogP contribution is -2.28. The summed E-state index contributed by atoms with van der Waals surface area (Å²) in [6, 6.07) is 17.1. The Morgan fingerprint density at radius 2 is 1.86 bits per heavy atom. The molecule has 3 heterocycles. The van der Waals surface area contributed by atoms with Crippen LogP contribution in [0, 0.1) is 19.7 Å². The third-order valence-electron chi connectivity index (χ3n) is 6.88. The highest BCUT2D eigenvalue weighted by atomic mass is 19.1. The van der Waals surface area contributed by atoms with Gasteiger partial charge in [-0.3, -0.25) is 0 Å². The van der Waals surface area contributed by atoms with Gasteiger partial charge in [0.25, 0.3) is 0 Å². The summed E-state index contributed by atoms with van der Waals surface area (Å²) in [4.78, 5) is 18.8. The molecule has 3 N–H and O–H groups in total. The molecule has 0 unspecified atom stereocenters. The molecule has 0 amide bonds. The van der Waals surface area contributed by atoms with Gasteiger partial charge >= 0.3 is 0 Å². The van der Waals surface area contributed by atoms with E-state index in [1.165, 1.54) is 12.1 Å². The van der Waals surface area contributed by atoms with E-state index in [-0.39, 0.29) is 11.8 Å². The van der Waals surface area contributed by atoms with Crippen LogP contribution in [0.1, 0.15) is 27.9 Å². The number of hydrogen-bond acceptors (Lipinski definition) is 6. The zero-order valence-corrected chi connectivity index (χ0v) is 20.8. The molecule has 5 aromatic rings. The standard InChI is InChI=1S/C29H27FN6O/c1-17-11-21(20-5-8-25-26(14-20)33-16-32-25)13-22-15-36(9-10-37-27(17)22)28-24(18(2)34-29(31)35-28)12-19-3-6-23(30)7-4-19/h3-8,11,13-14,16H,9-10,12,15H2,1-2H3,(H,32,33)(H2,31,34,35). The van der Waals surface area contributed by atoms with Gasteiger partial charge in [-0.15, -0.1) is 0 Å². The number of anilines is 2. The summed E-state index contributed by atoms with van der Waals surface area (Å²) in [6.45, 7) is 5.81. The Bertz CT molecular complexity index is 1610. The zero-order valence-electron chi connectivity index (χ0n) is 20.8. The first-order valence-corrected chi connectivity index (χ1v) is 12.3. The van der Waals surface area contributed by atoms with Crippen molar-refractivity contribution < 1.29 is 9.13 Å². The maximum absolute atomic E-state index is 13.5. The highest BCUT2D eigenvalue weighted by molar-refractivity contribution is 5.82. The van der Waals surface area contributed by atoms with Crippen molar-refractivity contribution in [2.45, 2.75) is 26.8 Å². The number of ether oxygens (including phenoxy) is 1. The molecule has 0 saturated heterocycles. The first-order chi connectivity index (χ1) is 17.9. The Balaban J connectivity index is 1.39. The predicted octanol–water partition coefficient (Wildman–Crippen LogP) is 5.35. The molecule has 2 aromatic heterocycles. The number of nitrogens with zero attached hydrogens (tertiary/aromatic N) is 4. The number of H-pyrrole nitrogens is 1. The molecule has 3 aromatic carbocycles. The topological polar surface area (TPSA) is 93.0 Å². The lowest BCUT2D eigenvalue weighted by molar-refractivity contribution is 0.329. The number of aromatic nitrogens is 4. The van der Waals surface area contributed by atoms with Gasteiger partial charge in [0.05, 0.1) is 23.9 Å². The zero-order chi connectivity index (χ0) is 25.5. The van der Waals surface area contributed by atoms with Crippen LogP contribution in [0.25, 0.3) is 22.2 Å². The van der Waals surface area contributed by atoms with E-state index in [0.717, 1.165) is 61.7 Å². The van der Waals surface area contributed by atoms with Crippen molar-refractivity contribution in [1.82, 2.24) is 19.9 Å². The van der Waals surface area contributed by atoms with Crippen LogP contribution in [-0.2, 0) is 13.0 Å². The number of nitrogens with one attached hydrogen (secondary N) is 1. The summed E-state index contributed by atoms with van der Waals surface area (Å²) >= 11 is 0. The lowest BCUT2D eigenvalue weighted by Gasteiger charge is -2.25. The van der Waals surface area contributed by atoms with E-state index >= 15 is 0 Å². The first kappa shape index (κ1) is 23.0. The maximum Gasteiger partial charge on any atom is 0.222 e. The van der Waals surface area contributed by atoms with Crippen molar-refractivity contribution >= 4 is 22.8 Å². The molecule has 0 saturated carbocycles. The number of rotatable bonds is 4. The molecular formula is C29H27FN6O. The first-order valence-electron chi connectivity index (χ1n) is 12.3. The SMILES string of the molecule is Cc1cc(-c2ccc3nc[nH]c3c2)cc2c1OCCN(c1nc(N)nc(C)c1Cc1ccc(F)cc1)C2. The third kappa shape index (κ3) is 4.46. The van der Waals surface area contributed by atoms with Gasteiger partial charge < -0.3 is 20.4 Å². The second-order valence-corrected chi connectivity index (χ2v) is 9.46. The molecule has 0 bridgehead atoms. The number of halogens is 1. The van der Waals surface area contributed by atoms with Crippen molar-refractivity contribution in [3.8, 4) is 16.9 Å². The van der Waals surface area contributed by atoms with E-state index in [1.807, 2.05) is 13.0 Å². The number of imidazole rings is 1. The van der Waals surface area contributed by atoms with Crippen LogP contribution in [0.5, 0.6) is 5.75 Å². The van der Waals surface area contributed by atoms with Gasteiger partial charge in [0.1, 0.15) is 24.0 Å². The van der Waals surface area contributed by atoms with Crippen LogP contribution in [-0.4, -0.2) is 33.1 Å². The molecule has 1 aliphatic rings. The molecule has 1 aliphatic heterocycles. The van der Waals surface area contributed by atoms with E-state index in [0.29, 0.717) is 26.1 Å². The van der Waals surface area contributed by atoms with Crippen molar-refractivity contribution in [1.29, 1.82) is 0 Å². The number of nitrogen functional groups attached to an aromatic ring is 1. The van der Waals surface area contributed by atoms with Gasteiger partial charge in [-0.25, -0.2) is 14.4 Å². The number of benzene rings is 3. The molecular weight excluding hydrogens is 467 g/mol. The normalized spacial score (nSPS) is 13.3. The minimum Gasteiger partial charge on any atom is -0.491 e. The van der Waals surface area contributed by atoms with Crippen LogP contribution in [0.3, 0.4) is 0 Å². The monoisotopic (exact) mass is 494 g/mol. The Hall–Kier alpha value is -4.46. The average Bonchev–Trinajstić information content (AvgIpc) is 3.24. The fourth-order valence-corrected chi connectivity index (χ4v) is 5.05. The predicted molar refractivity (Wildman–Crippen MR) is 143 cm³/mol. The van der Waals surface area contributed by atoms with Gasteiger partial charge in [0.2, 0.25) is 5.95 Å². The minimum atomic E-state index is -0.256. The van der Waals surface area contributed by atoms with Crippen LogP contribution < -0.4 is 15.4 Å². The summed E-state index contributed by atoms with van der Waals surface area (Å²) in [7, 11) is 0. The van der Waals surface area contributed by atoms with Crippen molar-refractivity contribution in [2.75, 3.05) is 23.8 Å². The Morgan fingerprint density at radius 3 is 2.70 bits per heavy atom. The van der Waals surface area contributed by atoms with Crippen LogP contribution in [0.2, 0.25) is 0 Å². The van der Waals surface area contributed by atoms with Gasteiger partial charge in [-0.05, 0) is 72.5 Å². The molecule has 0 aliphatic carbocycles. The Morgan fingerprint density at radius 1 is 1.03 bits per heavy atom. The summed E-state index contributed by atoms with van der Waals surface area (Å²) in [5.74, 6) is 1.67. The van der Waals surface area contributed by atoms with Crippen LogP contribution in [0.15, 0.2) is 60.9 Å². The smallest absolute Gasteiger partial charge is 0.222 e. The summed E-state index contributed by atoms with van der Waals surface area (Å²) in [6.07, 6.45) is 2.29. The van der Waals surface area contributed by atoms with E-state index in [9.17, 15) is 4.39 Å². The molecule has 7 nitrogen and oxygen atoms in total. The molecule has 186 valence electrons. The van der Waals surface area contributed by atoms with Crippen LogP contribution in [0.4, 0.5) is 16.2 Å². The fourth-order valence-electron chi connectivity index (χ4n) is 5.05. The average molecular weight is 495 g/mol. The number of hydrogen-bond donors (Lipinski definition) is 2. The van der Waals surface area contributed by atoms with Gasteiger partial charge in [-0.2, -0.15) is 4.98 Å². The van der Waals surface area contributed by atoms with E-state index in [1.54, 1.807) is 18.5 Å². The van der Waals surface area contributed by atoms with Crippen molar-refractivity contribution in [3.63, 3.8) is 0 Å². The van der Waals surface area contributed by atoms with Crippen molar-refractivity contribution in [3.05, 3.63) is 94.7 Å². The highest BCUT2D eigenvalue weighted by Crippen LogP contribution is 2.36. The number of aryl methyl sites for hydroxylation is 2. The number of fused-ring (bicyclic) bond motifs is 2. The molecule has 8 heteroatoms. The number of aromatic amines is 1. The lowest BCUT2D eigenvalue weighted by atomic mass is 9.98. The quantitative estimate of drug-likeness (QED) is 0.350. The maximum atomic E-state index is 13.5. The summed E-state index contributed by atoms with van der Waals surface area (Å²) < 4.78 is 19.7. The third-order valence-corrected chi connectivity index (χ3v) is 6.88. The summed E-state index contributed by atoms with van der Waals surface area (Å²) in [5.41, 5.74) is 15.2. The van der Waals surface area contributed by atoms with E-state index < -0.39 is 0 Å². The van der Waals surface area contributed by atoms with Gasteiger partial charge in [0.15, 0.2) is 0 Å².